The largest absolute Gasteiger partial charge is 0.373 e. The minimum absolute atomic E-state index is 0.117. The Hall–Kier alpha value is -0.860. The molecule has 2 rings (SSSR count). The molecule has 0 spiro atoms. The second kappa shape index (κ2) is 10.8. The third-order valence-electron chi connectivity index (χ3n) is 4.77. The molecule has 0 radical (unpaired) electrons. The van der Waals surface area contributed by atoms with Crippen LogP contribution in [0.2, 0.25) is 0 Å². The summed E-state index contributed by atoms with van der Waals surface area (Å²) in [7, 11) is 0. The summed E-state index contributed by atoms with van der Waals surface area (Å²) in [4.78, 5) is 0. The molecule has 0 aromatic heterocycles. The fraction of sp³-hybridized carbons (Fsp3) is 0.714. The molecule has 1 aromatic carbocycles. The Labute approximate surface area is 142 Å². The lowest BCUT2D eigenvalue weighted by molar-refractivity contribution is -0.137. The predicted octanol–water partition coefficient (Wildman–Crippen LogP) is 5.85. The maximum Gasteiger partial charge on any atom is 0.106 e. The fourth-order valence-electron chi connectivity index (χ4n) is 3.17. The van der Waals surface area contributed by atoms with Gasteiger partial charge in [-0.15, -0.1) is 0 Å². The molecule has 1 heterocycles. The molecule has 1 fully saturated rings. The van der Waals surface area contributed by atoms with Gasteiger partial charge in [0.1, 0.15) is 6.10 Å². The standard InChI is InChI=1S/C21H34O2/c1-3-5-7-8-9-10-18-12-14-19(15-13-18)21-17-22-20(16-23-21)11-6-4-2/h12-15,20-21H,3-11,16-17H2,1-2H3/t20-,21-/m0/s1. The van der Waals surface area contributed by atoms with Crippen molar-refractivity contribution in [2.75, 3.05) is 13.2 Å². The SMILES string of the molecule is CCCCCCCc1ccc([C@@H]2CO[C@@H](CCCC)CO2)cc1. The molecule has 0 unspecified atom stereocenters. The molecule has 2 atom stereocenters. The maximum absolute atomic E-state index is 6.01. The molecule has 2 nitrogen and oxygen atoms in total. The zero-order chi connectivity index (χ0) is 16.3. The highest BCUT2D eigenvalue weighted by atomic mass is 16.6. The Morgan fingerprint density at radius 2 is 1.57 bits per heavy atom. The van der Waals surface area contributed by atoms with E-state index in [2.05, 4.69) is 38.1 Å². The zero-order valence-corrected chi connectivity index (χ0v) is 15.1. The minimum Gasteiger partial charge on any atom is -0.373 e. The van der Waals surface area contributed by atoms with Crippen molar-refractivity contribution in [3.63, 3.8) is 0 Å². The van der Waals surface area contributed by atoms with Crippen LogP contribution in [-0.4, -0.2) is 19.3 Å². The van der Waals surface area contributed by atoms with Gasteiger partial charge >= 0.3 is 0 Å². The Morgan fingerprint density at radius 1 is 0.826 bits per heavy atom. The normalized spacial score (nSPS) is 21.5. The molecule has 0 amide bonds. The van der Waals surface area contributed by atoms with E-state index >= 15 is 0 Å². The highest BCUT2D eigenvalue weighted by molar-refractivity contribution is 5.24. The third kappa shape index (κ3) is 6.64. The summed E-state index contributed by atoms with van der Waals surface area (Å²) < 4.78 is 12.0. The van der Waals surface area contributed by atoms with Crippen molar-refractivity contribution in [1.29, 1.82) is 0 Å². The second-order valence-electron chi connectivity index (χ2n) is 6.83. The van der Waals surface area contributed by atoms with Gasteiger partial charge < -0.3 is 9.47 Å². The molecule has 0 aliphatic carbocycles. The first kappa shape index (κ1) is 18.5. The summed E-state index contributed by atoms with van der Waals surface area (Å²) in [6.45, 7) is 5.92. The van der Waals surface area contributed by atoms with Gasteiger partial charge in [0, 0.05) is 0 Å². The van der Waals surface area contributed by atoms with E-state index in [0.717, 1.165) is 13.0 Å². The van der Waals surface area contributed by atoms with Crippen molar-refractivity contribution in [3.05, 3.63) is 35.4 Å². The van der Waals surface area contributed by atoms with Crippen molar-refractivity contribution in [2.45, 2.75) is 83.8 Å². The number of rotatable bonds is 10. The number of aryl methyl sites for hydroxylation is 1. The highest BCUT2D eigenvalue weighted by Gasteiger charge is 2.22. The van der Waals surface area contributed by atoms with Gasteiger partial charge in [-0.05, 0) is 30.4 Å². The van der Waals surface area contributed by atoms with Crippen LogP contribution >= 0.6 is 0 Å². The van der Waals surface area contributed by atoms with Crippen LogP contribution in [0.1, 0.15) is 82.4 Å². The summed E-state index contributed by atoms with van der Waals surface area (Å²) in [6, 6.07) is 8.98. The molecule has 0 N–H and O–H groups in total. The Balaban J connectivity index is 1.70. The zero-order valence-electron chi connectivity index (χ0n) is 15.1. The summed E-state index contributed by atoms with van der Waals surface area (Å²) in [5.74, 6) is 0. The molecule has 1 aliphatic heterocycles. The van der Waals surface area contributed by atoms with Crippen LogP contribution in [0.5, 0.6) is 0 Å². The first-order valence-corrected chi connectivity index (χ1v) is 9.65. The van der Waals surface area contributed by atoms with Gasteiger partial charge in [-0.1, -0.05) is 76.6 Å². The quantitative estimate of drug-likeness (QED) is 0.504. The number of hydrogen-bond donors (Lipinski definition) is 0. The van der Waals surface area contributed by atoms with Crippen LogP contribution in [-0.2, 0) is 15.9 Å². The fourth-order valence-corrected chi connectivity index (χ4v) is 3.17. The highest BCUT2D eigenvalue weighted by Crippen LogP contribution is 2.25. The maximum atomic E-state index is 6.01. The smallest absolute Gasteiger partial charge is 0.106 e. The van der Waals surface area contributed by atoms with Gasteiger partial charge in [0.25, 0.3) is 0 Å². The first-order valence-electron chi connectivity index (χ1n) is 9.65. The number of benzene rings is 1. The van der Waals surface area contributed by atoms with Gasteiger partial charge in [0.2, 0.25) is 0 Å². The summed E-state index contributed by atoms with van der Waals surface area (Å²) >= 11 is 0. The number of unbranched alkanes of at least 4 members (excludes halogenated alkanes) is 5. The van der Waals surface area contributed by atoms with E-state index in [0.29, 0.717) is 12.7 Å². The number of ether oxygens (including phenoxy) is 2. The monoisotopic (exact) mass is 318 g/mol. The molecule has 2 heteroatoms. The van der Waals surface area contributed by atoms with E-state index in [-0.39, 0.29) is 6.10 Å². The lowest BCUT2D eigenvalue weighted by atomic mass is 10.0. The van der Waals surface area contributed by atoms with Crippen LogP contribution in [0.25, 0.3) is 0 Å². The molecular weight excluding hydrogens is 284 g/mol. The lowest BCUT2D eigenvalue weighted by Crippen LogP contribution is -2.31. The van der Waals surface area contributed by atoms with Gasteiger partial charge in [0.05, 0.1) is 19.3 Å². The molecule has 0 saturated carbocycles. The van der Waals surface area contributed by atoms with Gasteiger partial charge in [-0.2, -0.15) is 0 Å². The average Bonchev–Trinajstić information content (AvgIpc) is 2.61. The Kier molecular flexibility index (Phi) is 8.70. The molecule has 23 heavy (non-hydrogen) atoms. The van der Waals surface area contributed by atoms with Crippen molar-refractivity contribution >= 4 is 0 Å². The second-order valence-corrected chi connectivity index (χ2v) is 6.83. The molecular formula is C21H34O2. The minimum atomic E-state index is 0.117. The topological polar surface area (TPSA) is 18.5 Å². The predicted molar refractivity (Wildman–Crippen MR) is 96.9 cm³/mol. The van der Waals surface area contributed by atoms with E-state index in [1.165, 1.54) is 62.5 Å². The summed E-state index contributed by atoms with van der Waals surface area (Å²) in [5, 5.41) is 0. The van der Waals surface area contributed by atoms with Crippen LogP contribution in [0.4, 0.5) is 0 Å². The molecule has 1 saturated heterocycles. The Morgan fingerprint density at radius 3 is 2.22 bits per heavy atom. The molecule has 130 valence electrons. The molecule has 1 aromatic rings. The van der Waals surface area contributed by atoms with Crippen LogP contribution in [0, 0.1) is 0 Å². The first-order chi connectivity index (χ1) is 11.3. The Bertz CT molecular complexity index is 404. The van der Waals surface area contributed by atoms with E-state index in [9.17, 15) is 0 Å². The van der Waals surface area contributed by atoms with Crippen molar-refractivity contribution in [3.8, 4) is 0 Å². The van der Waals surface area contributed by atoms with Crippen LogP contribution < -0.4 is 0 Å². The van der Waals surface area contributed by atoms with Crippen molar-refractivity contribution in [1.82, 2.24) is 0 Å². The molecule has 1 aliphatic rings. The summed E-state index contributed by atoms with van der Waals surface area (Å²) in [6.07, 6.45) is 11.9. The lowest BCUT2D eigenvalue weighted by Gasteiger charge is -2.30. The average molecular weight is 319 g/mol. The van der Waals surface area contributed by atoms with E-state index < -0.39 is 0 Å². The number of hydrogen-bond acceptors (Lipinski definition) is 2. The van der Waals surface area contributed by atoms with Gasteiger partial charge in [-0.3, -0.25) is 0 Å². The van der Waals surface area contributed by atoms with Gasteiger partial charge in [-0.25, -0.2) is 0 Å². The van der Waals surface area contributed by atoms with E-state index in [4.69, 9.17) is 9.47 Å². The molecule has 0 bridgehead atoms. The summed E-state index contributed by atoms with van der Waals surface area (Å²) in [5.41, 5.74) is 2.71. The van der Waals surface area contributed by atoms with Crippen molar-refractivity contribution < 1.29 is 9.47 Å². The van der Waals surface area contributed by atoms with Crippen LogP contribution in [0.15, 0.2) is 24.3 Å². The van der Waals surface area contributed by atoms with Crippen LogP contribution in [0.3, 0.4) is 0 Å². The van der Waals surface area contributed by atoms with Gasteiger partial charge in [0.15, 0.2) is 0 Å². The van der Waals surface area contributed by atoms with E-state index in [1.54, 1.807) is 0 Å². The van der Waals surface area contributed by atoms with E-state index in [1.807, 2.05) is 0 Å². The van der Waals surface area contributed by atoms with Crippen molar-refractivity contribution in [2.24, 2.45) is 0 Å². The third-order valence-corrected chi connectivity index (χ3v) is 4.77.